The molecule has 0 heterocycles. The van der Waals surface area contributed by atoms with E-state index in [4.69, 9.17) is 5.10 Å². The molecule has 0 spiro atoms. The van der Waals surface area contributed by atoms with Gasteiger partial charge < -0.3 is 0 Å². The van der Waals surface area contributed by atoms with Gasteiger partial charge in [0.25, 0.3) is 0 Å². The lowest BCUT2D eigenvalue weighted by Crippen LogP contribution is -2.26. The van der Waals surface area contributed by atoms with Crippen molar-refractivity contribution >= 4 is 11.9 Å². The van der Waals surface area contributed by atoms with E-state index < -0.39 is 0 Å². The summed E-state index contributed by atoms with van der Waals surface area (Å²) >= 11 is 0. The Kier molecular flexibility index (Phi) is 8.22. The summed E-state index contributed by atoms with van der Waals surface area (Å²) in [4.78, 5) is 0. The Morgan fingerprint density at radius 2 is 1.66 bits per heavy atom. The molecule has 0 N–H and O–H groups in total. The highest BCUT2D eigenvalue weighted by Crippen LogP contribution is 2.38. The molecular formula is C27H36N2. The monoisotopic (exact) mass is 388 g/mol. The van der Waals surface area contributed by atoms with Crippen molar-refractivity contribution in [2.75, 3.05) is 0 Å². The van der Waals surface area contributed by atoms with Crippen LogP contribution in [-0.2, 0) is 0 Å². The Morgan fingerprint density at radius 3 is 2.28 bits per heavy atom. The lowest BCUT2D eigenvalue weighted by molar-refractivity contribution is 0.212. The van der Waals surface area contributed by atoms with Gasteiger partial charge in [0.05, 0.1) is 11.9 Å². The molecule has 1 unspecified atom stereocenters. The Bertz CT molecular complexity index is 781. The molecule has 3 rings (SSSR count). The maximum absolute atomic E-state index is 4.75. The van der Waals surface area contributed by atoms with Gasteiger partial charge >= 0.3 is 0 Å². The minimum absolute atomic E-state index is 0.517. The van der Waals surface area contributed by atoms with Crippen molar-refractivity contribution in [1.29, 1.82) is 0 Å². The second-order valence-electron chi connectivity index (χ2n) is 8.58. The number of hydrogen-bond donors (Lipinski definition) is 0. The van der Waals surface area contributed by atoms with Crippen LogP contribution in [0.5, 0.6) is 0 Å². The predicted octanol–water partition coefficient (Wildman–Crippen LogP) is 7.45. The maximum atomic E-state index is 4.75. The van der Waals surface area contributed by atoms with Gasteiger partial charge in [-0.15, -0.1) is 0 Å². The average Bonchev–Trinajstić information content (AvgIpc) is 2.77. The molecule has 0 aliphatic heterocycles. The van der Waals surface area contributed by atoms with Gasteiger partial charge in [-0.25, -0.2) is 0 Å². The van der Waals surface area contributed by atoms with Crippen LogP contribution in [0.2, 0.25) is 0 Å². The predicted molar refractivity (Wildman–Crippen MR) is 126 cm³/mol. The van der Waals surface area contributed by atoms with Gasteiger partial charge in [0.15, 0.2) is 0 Å². The van der Waals surface area contributed by atoms with Crippen LogP contribution in [-0.4, -0.2) is 11.9 Å². The van der Waals surface area contributed by atoms with E-state index in [9.17, 15) is 0 Å². The molecule has 1 atom stereocenters. The van der Waals surface area contributed by atoms with Crippen molar-refractivity contribution in [3.8, 4) is 0 Å². The molecule has 154 valence electrons. The highest BCUT2D eigenvalue weighted by Gasteiger charge is 2.29. The first kappa shape index (κ1) is 21.5. The molecule has 0 radical (unpaired) electrons. The van der Waals surface area contributed by atoms with Gasteiger partial charge in [0.1, 0.15) is 0 Å². The maximum Gasteiger partial charge on any atom is 0.0733 e. The molecule has 1 aliphatic rings. The first-order valence-electron chi connectivity index (χ1n) is 11.4. The topological polar surface area (TPSA) is 24.7 Å². The fourth-order valence-corrected chi connectivity index (χ4v) is 4.80. The number of aryl methyl sites for hydroxylation is 1. The number of nitrogens with zero attached hydrogens (tertiary/aromatic N) is 2. The Morgan fingerprint density at radius 1 is 0.966 bits per heavy atom. The third kappa shape index (κ3) is 6.13. The molecule has 1 aliphatic carbocycles. The second-order valence-corrected chi connectivity index (χ2v) is 8.58. The third-order valence-electron chi connectivity index (χ3n) is 6.53. The van der Waals surface area contributed by atoms with Crippen molar-refractivity contribution in [2.24, 2.45) is 28.0 Å². The largest absolute Gasteiger partial charge is 0.158 e. The summed E-state index contributed by atoms with van der Waals surface area (Å²) in [6.07, 6.45) is 11.0. The fourth-order valence-electron chi connectivity index (χ4n) is 4.80. The molecule has 0 aromatic heterocycles. The lowest BCUT2D eigenvalue weighted by Gasteiger charge is -2.34. The van der Waals surface area contributed by atoms with E-state index in [0.29, 0.717) is 5.92 Å². The van der Waals surface area contributed by atoms with Crippen molar-refractivity contribution in [2.45, 2.75) is 65.7 Å². The summed E-state index contributed by atoms with van der Waals surface area (Å²) in [5.74, 6) is 2.31. The molecular weight excluding hydrogens is 352 g/mol. The molecule has 0 saturated heterocycles. The Hall–Kier alpha value is -2.22. The fraction of sp³-hybridized carbons (Fsp3) is 0.481. The summed E-state index contributed by atoms with van der Waals surface area (Å²) in [5.41, 5.74) is 4.75. The zero-order valence-electron chi connectivity index (χ0n) is 18.3. The molecule has 2 heteroatoms. The summed E-state index contributed by atoms with van der Waals surface area (Å²) in [6.45, 7) is 6.79. The number of hydrogen-bond acceptors (Lipinski definition) is 2. The molecule has 1 fully saturated rings. The first-order chi connectivity index (χ1) is 14.2. The van der Waals surface area contributed by atoms with Crippen molar-refractivity contribution in [3.63, 3.8) is 0 Å². The molecule has 0 bridgehead atoms. The highest BCUT2D eigenvalue weighted by atomic mass is 15.2. The van der Waals surface area contributed by atoms with Crippen LogP contribution < -0.4 is 0 Å². The first-order valence-corrected chi connectivity index (χ1v) is 11.4. The molecule has 1 saturated carbocycles. The van der Waals surface area contributed by atoms with Crippen LogP contribution >= 0.6 is 0 Å². The van der Waals surface area contributed by atoms with Gasteiger partial charge in [0.2, 0.25) is 0 Å². The van der Waals surface area contributed by atoms with E-state index in [1.165, 1.54) is 56.1 Å². The van der Waals surface area contributed by atoms with Crippen molar-refractivity contribution < 1.29 is 0 Å². The summed E-state index contributed by atoms with van der Waals surface area (Å²) in [5, 5.41) is 9.23. The minimum atomic E-state index is 0.517. The van der Waals surface area contributed by atoms with Crippen molar-refractivity contribution in [1.82, 2.24) is 0 Å². The minimum Gasteiger partial charge on any atom is -0.158 e. The second kappa shape index (κ2) is 11.1. The van der Waals surface area contributed by atoms with Crippen LogP contribution in [0.15, 0.2) is 64.8 Å². The summed E-state index contributed by atoms with van der Waals surface area (Å²) < 4.78 is 0. The van der Waals surface area contributed by atoms with Gasteiger partial charge in [-0.1, -0.05) is 93.3 Å². The van der Waals surface area contributed by atoms with Crippen LogP contribution in [0.1, 0.15) is 75.5 Å². The Labute approximate surface area is 177 Å². The molecule has 2 aromatic carbocycles. The Balaban J connectivity index is 1.74. The van der Waals surface area contributed by atoms with Crippen LogP contribution in [0.25, 0.3) is 0 Å². The number of benzene rings is 2. The average molecular weight is 389 g/mol. The van der Waals surface area contributed by atoms with Crippen LogP contribution in [0.4, 0.5) is 0 Å². The normalized spacial score (nSPS) is 21.4. The summed E-state index contributed by atoms with van der Waals surface area (Å²) in [6, 6.07) is 19.1. The smallest absolute Gasteiger partial charge is 0.0733 e. The van der Waals surface area contributed by atoms with E-state index in [1.807, 2.05) is 6.21 Å². The third-order valence-corrected chi connectivity index (χ3v) is 6.53. The SMILES string of the molecule is CCCC(CC)[C@H]1CC[C@H](C(=NN=Cc2ccc(C)cc2)c2ccccc2)CC1. The zero-order valence-corrected chi connectivity index (χ0v) is 18.3. The molecule has 2 aromatic rings. The van der Waals surface area contributed by atoms with E-state index >= 15 is 0 Å². The van der Waals surface area contributed by atoms with E-state index in [-0.39, 0.29) is 0 Å². The van der Waals surface area contributed by atoms with E-state index in [2.05, 4.69) is 80.5 Å². The lowest BCUT2D eigenvalue weighted by atomic mass is 9.72. The molecule has 0 amide bonds. The number of rotatable bonds is 8. The zero-order chi connectivity index (χ0) is 20.5. The van der Waals surface area contributed by atoms with Gasteiger partial charge in [-0.05, 0) is 55.6 Å². The van der Waals surface area contributed by atoms with Crippen LogP contribution in [0.3, 0.4) is 0 Å². The van der Waals surface area contributed by atoms with Crippen LogP contribution in [0, 0.1) is 24.7 Å². The van der Waals surface area contributed by atoms with Crippen molar-refractivity contribution in [3.05, 3.63) is 71.3 Å². The molecule has 29 heavy (non-hydrogen) atoms. The van der Waals surface area contributed by atoms with Gasteiger partial charge in [-0.3, -0.25) is 0 Å². The quantitative estimate of drug-likeness (QED) is 0.331. The van der Waals surface area contributed by atoms with Gasteiger partial charge in [-0.2, -0.15) is 10.2 Å². The van der Waals surface area contributed by atoms with Gasteiger partial charge in [0, 0.05) is 5.92 Å². The highest BCUT2D eigenvalue weighted by molar-refractivity contribution is 6.02. The molecule has 2 nitrogen and oxygen atoms in total. The van der Waals surface area contributed by atoms with E-state index in [0.717, 1.165) is 23.1 Å². The summed E-state index contributed by atoms with van der Waals surface area (Å²) in [7, 11) is 0. The standard InChI is InChI=1S/C27H36N2/c1-4-9-23(5-2)24-16-18-26(19-17-24)27(25-10-7-6-8-11-25)29-28-20-22-14-12-21(3)13-15-22/h6-8,10-15,20,23-24,26H,4-5,9,16-19H2,1-3H3/t23?,24-,26-. The van der Waals surface area contributed by atoms with E-state index in [1.54, 1.807) is 0 Å².